The lowest BCUT2D eigenvalue weighted by Gasteiger charge is -2.26. The van der Waals surface area contributed by atoms with Crippen LogP contribution in [0.5, 0.6) is 0 Å². The molecule has 1 saturated heterocycles. The number of aromatic nitrogens is 3. The number of ketones is 1. The molecule has 16 heavy (non-hydrogen) atoms. The third-order valence-electron chi connectivity index (χ3n) is 2.66. The van der Waals surface area contributed by atoms with Crippen molar-refractivity contribution < 1.29 is 4.79 Å². The minimum atomic E-state index is -0.0558. The Morgan fingerprint density at radius 2 is 2.44 bits per heavy atom. The molecule has 0 unspecified atom stereocenters. The second kappa shape index (κ2) is 3.80. The first-order valence-corrected chi connectivity index (χ1v) is 5.98. The van der Waals surface area contributed by atoms with E-state index < -0.39 is 0 Å². The Bertz CT molecular complexity index is 501. The Labute approximate surface area is 96.1 Å². The molecule has 0 radical (unpaired) electrons. The van der Waals surface area contributed by atoms with Gasteiger partial charge in [0.05, 0.1) is 12.2 Å². The topological polar surface area (TPSA) is 59.8 Å². The Hall–Kier alpha value is -1.53. The van der Waals surface area contributed by atoms with Gasteiger partial charge in [0.1, 0.15) is 0 Å². The van der Waals surface area contributed by atoms with Crippen molar-refractivity contribution in [1.29, 1.82) is 0 Å². The summed E-state index contributed by atoms with van der Waals surface area (Å²) in [6, 6.07) is 2.15. The summed E-state index contributed by atoms with van der Waals surface area (Å²) in [5, 5.41) is 14.8. The summed E-state index contributed by atoms with van der Waals surface area (Å²) in [5.41, 5.74) is 1.11. The molecule has 0 spiro atoms. The van der Waals surface area contributed by atoms with Crippen LogP contribution in [0.1, 0.15) is 22.1 Å². The van der Waals surface area contributed by atoms with Gasteiger partial charge < -0.3 is 5.32 Å². The Balaban J connectivity index is 1.84. The van der Waals surface area contributed by atoms with E-state index in [0.29, 0.717) is 17.3 Å². The lowest BCUT2D eigenvalue weighted by Crippen LogP contribution is -2.43. The summed E-state index contributed by atoms with van der Waals surface area (Å²) < 4.78 is 1.76. The van der Waals surface area contributed by atoms with Gasteiger partial charge >= 0.3 is 0 Å². The van der Waals surface area contributed by atoms with E-state index in [1.807, 2.05) is 10.8 Å². The lowest BCUT2D eigenvalue weighted by molar-refractivity contribution is 0.103. The van der Waals surface area contributed by atoms with Crippen molar-refractivity contribution in [3.8, 4) is 0 Å². The molecule has 82 valence electrons. The first-order valence-electron chi connectivity index (χ1n) is 5.04. The molecule has 0 aromatic carbocycles. The van der Waals surface area contributed by atoms with E-state index in [0.717, 1.165) is 13.1 Å². The molecule has 0 bridgehead atoms. The van der Waals surface area contributed by atoms with E-state index in [1.54, 1.807) is 16.9 Å². The van der Waals surface area contributed by atoms with E-state index in [4.69, 9.17) is 0 Å². The largest absolute Gasteiger partial charge is 0.312 e. The summed E-state index contributed by atoms with van der Waals surface area (Å²) in [7, 11) is 0. The van der Waals surface area contributed by atoms with Crippen LogP contribution in [-0.2, 0) is 0 Å². The molecule has 0 saturated carbocycles. The second-order valence-corrected chi connectivity index (χ2v) is 4.52. The smallest absolute Gasteiger partial charge is 0.215 e. The fourth-order valence-electron chi connectivity index (χ4n) is 1.56. The molecule has 0 atom stereocenters. The van der Waals surface area contributed by atoms with Crippen LogP contribution >= 0.6 is 11.3 Å². The molecular formula is C10H10N4OS. The molecule has 5 nitrogen and oxygen atoms in total. The normalized spacial score (nSPS) is 16.0. The highest BCUT2D eigenvalue weighted by molar-refractivity contribution is 7.08. The lowest BCUT2D eigenvalue weighted by atomic mass is 10.1. The first-order chi connectivity index (χ1) is 7.84. The van der Waals surface area contributed by atoms with Crippen molar-refractivity contribution in [2.45, 2.75) is 6.04 Å². The van der Waals surface area contributed by atoms with Crippen LogP contribution in [-0.4, -0.2) is 33.9 Å². The summed E-state index contributed by atoms with van der Waals surface area (Å²) >= 11 is 1.51. The number of carbonyl (C=O) groups excluding carboxylic acids is 1. The zero-order valence-electron chi connectivity index (χ0n) is 8.46. The van der Waals surface area contributed by atoms with Gasteiger partial charge in [-0.05, 0) is 11.4 Å². The molecule has 1 fully saturated rings. The number of hydrogen-bond acceptors (Lipinski definition) is 5. The van der Waals surface area contributed by atoms with Crippen LogP contribution in [0.15, 0.2) is 23.0 Å². The molecule has 0 aliphatic carbocycles. The first kappa shape index (κ1) is 9.68. The predicted molar refractivity (Wildman–Crippen MR) is 59.7 cm³/mol. The maximum absolute atomic E-state index is 11.9. The standard InChI is InChI=1S/C10H10N4OS/c15-10(7-1-2-16-6-7)9-5-14(13-12-9)8-3-11-4-8/h1-2,5-6,8,11H,3-4H2. The van der Waals surface area contributed by atoms with Crippen LogP contribution in [0.3, 0.4) is 0 Å². The van der Waals surface area contributed by atoms with Gasteiger partial charge in [-0.2, -0.15) is 11.3 Å². The quantitative estimate of drug-likeness (QED) is 0.795. The third kappa shape index (κ3) is 1.56. The fraction of sp³-hybridized carbons (Fsp3) is 0.300. The van der Waals surface area contributed by atoms with Crippen LogP contribution < -0.4 is 5.32 Å². The summed E-state index contributed by atoms with van der Waals surface area (Å²) in [4.78, 5) is 11.9. The molecule has 1 aliphatic rings. The molecule has 2 aromatic rings. The molecule has 1 N–H and O–H groups in total. The van der Waals surface area contributed by atoms with E-state index in [2.05, 4.69) is 15.6 Å². The molecule has 6 heteroatoms. The van der Waals surface area contributed by atoms with Gasteiger partial charge in [-0.1, -0.05) is 5.21 Å². The van der Waals surface area contributed by atoms with E-state index in [9.17, 15) is 4.79 Å². The van der Waals surface area contributed by atoms with E-state index in [-0.39, 0.29) is 5.78 Å². The number of rotatable bonds is 3. The Morgan fingerprint density at radius 3 is 3.06 bits per heavy atom. The van der Waals surface area contributed by atoms with E-state index in [1.165, 1.54) is 11.3 Å². The van der Waals surface area contributed by atoms with Crippen molar-refractivity contribution in [3.05, 3.63) is 34.3 Å². The molecular weight excluding hydrogens is 224 g/mol. The number of nitrogens with zero attached hydrogens (tertiary/aromatic N) is 3. The van der Waals surface area contributed by atoms with Gasteiger partial charge in [0.2, 0.25) is 5.78 Å². The summed E-state index contributed by atoms with van der Waals surface area (Å²) in [5.74, 6) is -0.0558. The fourth-order valence-corrected chi connectivity index (χ4v) is 2.20. The van der Waals surface area contributed by atoms with Crippen LogP contribution in [0.2, 0.25) is 0 Å². The SMILES string of the molecule is O=C(c1ccsc1)c1cn(C2CNC2)nn1. The van der Waals surface area contributed by atoms with Gasteiger partial charge in [-0.15, -0.1) is 5.10 Å². The van der Waals surface area contributed by atoms with Crippen LogP contribution in [0.25, 0.3) is 0 Å². The van der Waals surface area contributed by atoms with E-state index >= 15 is 0 Å². The molecule has 3 heterocycles. The number of hydrogen-bond donors (Lipinski definition) is 1. The van der Waals surface area contributed by atoms with Crippen molar-refractivity contribution in [2.75, 3.05) is 13.1 Å². The average Bonchev–Trinajstić information content (AvgIpc) is 2.84. The zero-order valence-corrected chi connectivity index (χ0v) is 9.28. The molecule has 3 rings (SSSR count). The van der Waals surface area contributed by atoms with Gasteiger partial charge in [0.15, 0.2) is 5.69 Å². The highest BCUT2D eigenvalue weighted by Crippen LogP contribution is 2.14. The van der Waals surface area contributed by atoms with Crippen molar-refractivity contribution in [1.82, 2.24) is 20.3 Å². The third-order valence-corrected chi connectivity index (χ3v) is 3.34. The Morgan fingerprint density at radius 1 is 1.56 bits per heavy atom. The average molecular weight is 234 g/mol. The van der Waals surface area contributed by atoms with Gasteiger partial charge in [-0.3, -0.25) is 4.79 Å². The number of thiophene rings is 1. The number of nitrogens with one attached hydrogen (secondary N) is 1. The number of carbonyl (C=O) groups is 1. The van der Waals surface area contributed by atoms with Gasteiger partial charge in [0, 0.05) is 24.0 Å². The monoisotopic (exact) mass is 234 g/mol. The van der Waals surface area contributed by atoms with Crippen LogP contribution in [0.4, 0.5) is 0 Å². The Kier molecular flexibility index (Phi) is 2.30. The molecule has 0 amide bonds. The predicted octanol–water partition coefficient (Wildman–Crippen LogP) is 0.715. The second-order valence-electron chi connectivity index (χ2n) is 3.74. The molecule has 2 aromatic heterocycles. The maximum atomic E-state index is 11.9. The van der Waals surface area contributed by atoms with Gasteiger partial charge in [0.25, 0.3) is 0 Å². The van der Waals surface area contributed by atoms with Crippen LogP contribution in [0, 0.1) is 0 Å². The zero-order chi connectivity index (χ0) is 11.0. The minimum Gasteiger partial charge on any atom is -0.312 e. The maximum Gasteiger partial charge on any atom is 0.215 e. The van der Waals surface area contributed by atoms with Crippen molar-refractivity contribution in [2.24, 2.45) is 0 Å². The highest BCUT2D eigenvalue weighted by Gasteiger charge is 2.22. The van der Waals surface area contributed by atoms with Crippen molar-refractivity contribution in [3.63, 3.8) is 0 Å². The summed E-state index contributed by atoms with van der Waals surface area (Å²) in [6.45, 7) is 1.80. The molecule has 1 aliphatic heterocycles. The minimum absolute atomic E-state index is 0.0558. The van der Waals surface area contributed by atoms with Crippen molar-refractivity contribution >= 4 is 17.1 Å². The summed E-state index contributed by atoms with van der Waals surface area (Å²) in [6.07, 6.45) is 1.73. The van der Waals surface area contributed by atoms with Gasteiger partial charge in [-0.25, -0.2) is 4.68 Å². The highest BCUT2D eigenvalue weighted by atomic mass is 32.1.